The Hall–Kier alpha value is -1.81. The maximum atomic E-state index is 11.4. The van der Waals surface area contributed by atoms with E-state index in [4.69, 9.17) is 11.6 Å². The number of aromatic amines is 1. The minimum atomic E-state index is -0.140. The molecule has 0 bridgehead atoms. The zero-order valence-electron chi connectivity index (χ0n) is 8.46. The first-order valence-corrected chi connectivity index (χ1v) is 5.13. The minimum Gasteiger partial charge on any atom is -0.308 e. The third-order valence-electron chi connectivity index (χ3n) is 2.11. The SMILES string of the molecule is C=CCC(=O)Nc1n[nH]c2cc(Cl)ccc12. The van der Waals surface area contributed by atoms with E-state index in [2.05, 4.69) is 22.1 Å². The van der Waals surface area contributed by atoms with E-state index in [1.165, 1.54) is 0 Å². The Balaban J connectivity index is 2.31. The number of nitrogens with one attached hydrogen (secondary N) is 2. The zero-order chi connectivity index (χ0) is 11.5. The summed E-state index contributed by atoms with van der Waals surface area (Å²) in [5, 5.41) is 11.0. The van der Waals surface area contributed by atoms with Gasteiger partial charge in [0.15, 0.2) is 5.82 Å². The van der Waals surface area contributed by atoms with Crippen LogP contribution in [0.15, 0.2) is 30.9 Å². The summed E-state index contributed by atoms with van der Waals surface area (Å²) in [6.45, 7) is 3.50. The number of amides is 1. The zero-order valence-corrected chi connectivity index (χ0v) is 9.21. The van der Waals surface area contributed by atoms with Crippen LogP contribution in [0.25, 0.3) is 10.9 Å². The molecule has 0 aliphatic rings. The topological polar surface area (TPSA) is 57.8 Å². The normalized spacial score (nSPS) is 10.3. The Labute approximate surface area is 97.3 Å². The van der Waals surface area contributed by atoms with Crippen molar-refractivity contribution in [2.24, 2.45) is 0 Å². The Kier molecular flexibility index (Phi) is 2.92. The summed E-state index contributed by atoms with van der Waals surface area (Å²) in [7, 11) is 0. The highest BCUT2D eigenvalue weighted by Gasteiger charge is 2.08. The van der Waals surface area contributed by atoms with Crippen LogP contribution in [0, 0.1) is 0 Å². The molecule has 0 unspecified atom stereocenters. The second-order valence-electron chi connectivity index (χ2n) is 3.30. The molecule has 2 aromatic rings. The number of H-pyrrole nitrogens is 1. The number of anilines is 1. The molecule has 16 heavy (non-hydrogen) atoms. The molecule has 4 nitrogen and oxygen atoms in total. The number of rotatable bonds is 3. The smallest absolute Gasteiger partial charge is 0.229 e. The minimum absolute atomic E-state index is 0.140. The molecule has 1 heterocycles. The molecule has 0 saturated heterocycles. The van der Waals surface area contributed by atoms with Crippen LogP contribution in [-0.4, -0.2) is 16.1 Å². The van der Waals surface area contributed by atoms with Crippen LogP contribution in [-0.2, 0) is 4.79 Å². The number of aromatic nitrogens is 2. The van der Waals surface area contributed by atoms with Gasteiger partial charge in [-0.3, -0.25) is 9.89 Å². The average Bonchev–Trinajstić information content (AvgIpc) is 2.61. The van der Waals surface area contributed by atoms with Gasteiger partial charge in [-0.25, -0.2) is 0 Å². The Morgan fingerprint density at radius 3 is 3.19 bits per heavy atom. The second kappa shape index (κ2) is 4.37. The average molecular weight is 236 g/mol. The molecule has 0 aliphatic carbocycles. The summed E-state index contributed by atoms with van der Waals surface area (Å²) in [6.07, 6.45) is 1.81. The molecule has 1 aromatic carbocycles. The van der Waals surface area contributed by atoms with Crippen molar-refractivity contribution < 1.29 is 4.79 Å². The monoisotopic (exact) mass is 235 g/mol. The van der Waals surface area contributed by atoms with E-state index in [0.717, 1.165) is 10.9 Å². The lowest BCUT2D eigenvalue weighted by atomic mass is 10.2. The molecule has 2 N–H and O–H groups in total. The van der Waals surface area contributed by atoms with Gasteiger partial charge in [0, 0.05) is 16.8 Å². The van der Waals surface area contributed by atoms with Gasteiger partial charge in [-0.1, -0.05) is 17.7 Å². The molecule has 0 atom stereocenters. The molecule has 0 saturated carbocycles. The second-order valence-corrected chi connectivity index (χ2v) is 3.74. The molecule has 5 heteroatoms. The number of carbonyl (C=O) groups excluding carboxylic acids is 1. The highest BCUT2D eigenvalue weighted by molar-refractivity contribution is 6.31. The van der Waals surface area contributed by atoms with Crippen LogP contribution in [0.4, 0.5) is 5.82 Å². The summed E-state index contributed by atoms with van der Waals surface area (Å²) in [4.78, 5) is 11.4. The van der Waals surface area contributed by atoms with Gasteiger partial charge in [0.05, 0.1) is 5.52 Å². The summed E-state index contributed by atoms with van der Waals surface area (Å²) < 4.78 is 0. The third kappa shape index (κ3) is 2.06. The van der Waals surface area contributed by atoms with E-state index in [9.17, 15) is 4.79 Å². The van der Waals surface area contributed by atoms with E-state index >= 15 is 0 Å². The molecule has 0 spiro atoms. The van der Waals surface area contributed by atoms with Crippen molar-refractivity contribution in [1.82, 2.24) is 10.2 Å². The fraction of sp³-hybridized carbons (Fsp3) is 0.0909. The first-order chi connectivity index (χ1) is 7.70. The lowest BCUT2D eigenvalue weighted by Gasteiger charge is -1.99. The Morgan fingerprint density at radius 1 is 1.62 bits per heavy atom. The fourth-order valence-electron chi connectivity index (χ4n) is 1.40. The van der Waals surface area contributed by atoms with E-state index in [1.807, 2.05) is 6.07 Å². The van der Waals surface area contributed by atoms with Gasteiger partial charge in [0.1, 0.15) is 0 Å². The van der Waals surface area contributed by atoms with Crippen molar-refractivity contribution in [3.05, 3.63) is 35.9 Å². The van der Waals surface area contributed by atoms with Crippen LogP contribution in [0.2, 0.25) is 5.02 Å². The van der Waals surface area contributed by atoms with Gasteiger partial charge in [0.2, 0.25) is 5.91 Å². The van der Waals surface area contributed by atoms with E-state index in [0.29, 0.717) is 10.8 Å². The highest BCUT2D eigenvalue weighted by atomic mass is 35.5. The van der Waals surface area contributed by atoms with Crippen LogP contribution < -0.4 is 5.32 Å². The predicted octanol–water partition coefficient (Wildman–Crippen LogP) is 2.73. The summed E-state index contributed by atoms with van der Waals surface area (Å²) >= 11 is 5.84. The molecule has 0 fully saturated rings. The molecule has 1 aromatic heterocycles. The van der Waals surface area contributed by atoms with Gasteiger partial charge in [0.25, 0.3) is 0 Å². The van der Waals surface area contributed by atoms with Crippen molar-refractivity contribution in [2.45, 2.75) is 6.42 Å². The number of halogens is 1. The molecule has 82 valence electrons. The first-order valence-electron chi connectivity index (χ1n) is 4.75. The van der Waals surface area contributed by atoms with Gasteiger partial charge in [-0.2, -0.15) is 5.10 Å². The van der Waals surface area contributed by atoms with Crippen molar-refractivity contribution in [2.75, 3.05) is 5.32 Å². The number of benzene rings is 1. The summed E-state index contributed by atoms with van der Waals surface area (Å²) in [6, 6.07) is 5.32. The van der Waals surface area contributed by atoms with E-state index in [-0.39, 0.29) is 12.3 Å². The third-order valence-corrected chi connectivity index (χ3v) is 2.35. The number of hydrogen-bond acceptors (Lipinski definition) is 2. The number of fused-ring (bicyclic) bond motifs is 1. The van der Waals surface area contributed by atoms with Crippen molar-refractivity contribution in [3.63, 3.8) is 0 Å². The Bertz CT molecular complexity index is 547. The van der Waals surface area contributed by atoms with Gasteiger partial charge in [-0.05, 0) is 18.2 Å². The van der Waals surface area contributed by atoms with Crippen LogP contribution in [0.3, 0.4) is 0 Å². The maximum Gasteiger partial charge on any atom is 0.229 e. The number of hydrogen-bond donors (Lipinski definition) is 2. The maximum absolute atomic E-state index is 11.4. The molecular formula is C11H10ClN3O. The predicted molar refractivity (Wildman–Crippen MR) is 64.5 cm³/mol. The van der Waals surface area contributed by atoms with Crippen molar-refractivity contribution >= 4 is 34.2 Å². The van der Waals surface area contributed by atoms with Crippen molar-refractivity contribution in [3.8, 4) is 0 Å². The summed E-state index contributed by atoms with van der Waals surface area (Å²) in [5.41, 5.74) is 0.793. The van der Waals surface area contributed by atoms with Gasteiger partial charge < -0.3 is 5.32 Å². The molecular weight excluding hydrogens is 226 g/mol. The van der Waals surface area contributed by atoms with Gasteiger partial charge >= 0.3 is 0 Å². The van der Waals surface area contributed by atoms with Crippen LogP contribution in [0.5, 0.6) is 0 Å². The Morgan fingerprint density at radius 2 is 2.44 bits per heavy atom. The number of nitrogens with zero attached hydrogens (tertiary/aromatic N) is 1. The van der Waals surface area contributed by atoms with Gasteiger partial charge in [-0.15, -0.1) is 6.58 Å². The van der Waals surface area contributed by atoms with Crippen LogP contribution >= 0.6 is 11.6 Å². The van der Waals surface area contributed by atoms with Crippen LogP contribution in [0.1, 0.15) is 6.42 Å². The largest absolute Gasteiger partial charge is 0.308 e. The number of carbonyl (C=O) groups is 1. The molecule has 0 radical (unpaired) electrons. The van der Waals surface area contributed by atoms with Crippen molar-refractivity contribution in [1.29, 1.82) is 0 Å². The molecule has 2 rings (SSSR count). The fourth-order valence-corrected chi connectivity index (χ4v) is 1.57. The lowest BCUT2D eigenvalue weighted by molar-refractivity contribution is -0.115. The summed E-state index contributed by atoms with van der Waals surface area (Å²) in [5.74, 6) is 0.372. The molecule has 0 aliphatic heterocycles. The van der Waals surface area contributed by atoms with E-state index in [1.54, 1.807) is 18.2 Å². The van der Waals surface area contributed by atoms with E-state index < -0.39 is 0 Å². The quantitative estimate of drug-likeness (QED) is 0.804. The highest BCUT2D eigenvalue weighted by Crippen LogP contribution is 2.23. The lowest BCUT2D eigenvalue weighted by Crippen LogP contribution is -2.10. The first kappa shape index (κ1) is 10.7. The molecule has 1 amide bonds. The standard InChI is InChI=1S/C11H10ClN3O/c1-2-3-10(16)13-11-8-5-4-7(12)6-9(8)14-15-11/h2,4-6H,1,3H2,(H2,13,14,15,16).